The molecule has 0 spiro atoms. The highest BCUT2D eigenvalue weighted by Gasteiger charge is 2.25. The standard InChI is InChI=1S/C22H28N2O/c1-17(2)19-10-12-21(13-11-19)23-22(25)20-9-6-14-24(16-20)15-18-7-4-3-5-8-18/h3-5,7-8,10-13,17,20H,6,9,14-16H2,1-2H3,(H,23,25). The van der Waals surface area contributed by atoms with E-state index in [1.807, 2.05) is 18.2 Å². The van der Waals surface area contributed by atoms with Gasteiger partial charge >= 0.3 is 0 Å². The van der Waals surface area contributed by atoms with Crippen molar-refractivity contribution in [2.24, 2.45) is 5.92 Å². The van der Waals surface area contributed by atoms with E-state index in [4.69, 9.17) is 0 Å². The van der Waals surface area contributed by atoms with Gasteiger partial charge in [0.15, 0.2) is 0 Å². The van der Waals surface area contributed by atoms with E-state index in [9.17, 15) is 4.79 Å². The van der Waals surface area contributed by atoms with Gasteiger partial charge in [0.1, 0.15) is 0 Å². The first kappa shape index (κ1) is 17.7. The molecule has 0 bridgehead atoms. The van der Waals surface area contributed by atoms with Crippen molar-refractivity contribution < 1.29 is 4.79 Å². The number of rotatable bonds is 5. The van der Waals surface area contributed by atoms with Gasteiger partial charge in [-0.05, 0) is 48.6 Å². The highest BCUT2D eigenvalue weighted by atomic mass is 16.1. The van der Waals surface area contributed by atoms with Gasteiger partial charge in [-0.15, -0.1) is 0 Å². The Morgan fingerprint density at radius 3 is 2.52 bits per heavy atom. The molecule has 1 aliphatic rings. The predicted octanol–water partition coefficient (Wildman–Crippen LogP) is 4.66. The van der Waals surface area contributed by atoms with Gasteiger partial charge < -0.3 is 5.32 Å². The lowest BCUT2D eigenvalue weighted by molar-refractivity contribution is -0.121. The lowest BCUT2D eigenvalue weighted by Crippen LogP contribution is -2.40. The largest absolute Gasteiger partial charge is 0.326 e. The number of benzene rings is 2. The minimum atomic E-state index is 0.0715. The van der Waals surface area contributed by atoms with Crippen LogP contribution in [-0.2, 0) is 11.3 Å². The maximum absolute atomic E-state index is 12.6. The van der Waals surface area contributed by atoms with Gasteiger partial charge in [-0.3, -0.25) is 9.69 Å². The van der Waals surface area contributed by atoms with Crippen LogP contribution >= 0.6 is 0 Å². The van der Waals surface area contributed by atoms with Crippen LogP contribution in [0.3, 0.4) is 0 Å². The van der Waals surface area contributed by atoms with Crippen LogP contribution in [0.1, 0.15) is 43.7 Å². The third-order valence-electron chi connectivity index (χ3n) is 4.97. The van der Waals surface area contributed by atoms with Crippen molar-refractivity contribution in [1.29, 1.82) is 0 Å². The number of anilines is 1. The second-order valence-corrected chi connectivity index (χ2v) is 7.33. The zero-order valence-corrected chi connectivity index (χ0v) is 15.2. The lowest BCUT2D eigenvalue weighted by atomic mass is 9.96. The molecule has 1 heterocycles. The van der Waals surface area contributed by atoms with Crippen LogP contribution in [0.4, 0.5) is 5.69 Å². The van der Waals surface area contributed by atoms with E-state index < -0.39 is 0 Å². The first-order chi connectivity index (χ1) is 12.1. The number of nitrogens with one attached hydrogen (secondary N) is 1. The Labute approximate surface area is 151 Å². The summed E-state index contributed by atoms with van der Waals surface area (Å²) in [4.78, 5) is 15.0. The SMILES string of the molecule is CC(C)c1ccc(NC(=O)C2CCCN(Cc3ccccc3)C2)cc1. The zero-order valence-electron chi connectivity index (χ0n) is 15.2. The van der Waals surface area contributed by atoms with E-state index in [-0.39, 0.29) is 11.8 Å². The fraction of sp³-hybridized carbons (Fsp3) is 0.409. The van der Waals surface area contributed by atoms with E-state index >= 15 is 0 Å². The Morgan fingerprint density at radius 1 is 1.12 bits per heavy atom. The number of hydrogen-bond donors (Lipinski definition) is 1. The molecular weight excluding hydrogens is 308 g/mol. The monoisotopic (exact) mass is 336 g/mol. The van der Waals surface area contributed by atoms with E-state index in [2.05, 4.69) is 60.5 Å². The summed E-state index contributed by atoms with van der Waals surface area (Å²) in [5, 5.41) is 3.10. The smallest absolute Gasteiger partial charge is 0.228 e. The number of carbonyl (C=O) groups excluding carboxylic acids is 1. The summed E-state index contributed by atoms with van der Waals surface area (Å²) in [6.07, 6.45) is 2.05. The minimum Gasteiger partial charge on any atom is -0.326 e. The number of likely N-dealkylation sites (tertiary alicyclic amines) is 1. The topological polar surface area (TPSA) is 32.3 Å². The predicted molar refractivity (Wildman–Crippen MR) is 104 cm³/mol. The van der Waals surface area contributed by atoms with E-state index in [1.54, 1.807) is 0 Å². The Kier molecular flexibility index (Phi) is 5.87. The molecule has 2 aromatic carbocycles. The van der Waals surface area contributed by atoms with E-state index in [0.29, 0.717) is 5.92 Å². The van der Waals surface area contributed by atoms with Crippen molar-refractivity contribution in [3.05, 3.63) is 65.7 Å². The average molecular weight is 336 g/mol. The van der Waals surface area contributed by atoms with Gasteiger partial charge in [-0.25, -0.2) is 0 Å². The Balaban J connectivity index is 1.56. The number of hydrogen-bond acceptors (Lipinski definition) is 2. The molecule has 1 atom stereocenters. The Hall–Kier alpha value is -2.13. The third-order valence-corrected chi connectivity index (χ3v) is 4.97. The number of piperidine rings is 1. The fourth-order valence-electron chi connectivity index (χ4n) is 3.45. The molecule has 2 aromatic rings. The molecule has 25 heavy (non-hydrogen) atoms. The first-order valence-electron chi connectivity index (χ1n) is 9.29. The Morgan fingerprint density at radius 2 is 1.84 bits per heavy atom. The Bertz CT molecular complexity index is 679. The van der Waals surface area contributed by atoms with Crippen molar-refractivity contribution in [2.45, 2.75) is 39.2 Å². The number of carbonyl (C=O) groups is 1. The van der Waals surface area contributed by atoms with Crippen molar-refractivity contribution in [2.75, 3.05) is 18.4 Å². The normalized spacial score (nSPS) is 18.3. The van der Waals surface area contributed by atoms with Crippen LogP contribution < -0.4 is 5.32 Å². The number of amides is 1. The maximum Gasteiger partial charge on any atom is 0.228 e. The van der Waals surface area contributed by atoms with E-state index in [0.717, 1.165) is 38.2 Å². The lowest BCUT2D eigenvalue weighted by Gasteiger charge is -2.32. The summed E-state index contributed by atoms with van der Waals surface area (Å²) in [5.41, 5.74) is 3.51. The molecule has 3 rings (SSSR count). The van der Waals surface area contributed by atoms with Gasteiger partial charge in [0.2, 0.25) is 5.91 Å². The van der Waals surface area contributed by atoms with Gasteiger partial charge in [0.25, 0.3) is 0 Å². The second-order valence-electron chi connectivity index (χ2n) is 7.33. The molecular formula is C22H28N2O. The van der Waals surface area contributed by atoms with Crippen LogP contribution in [-0.4, -0.2) is 23.9 Å². The molecule has 0 radical (unpaired) electrons. The molecule has 1 fully saturated rings. The van der Waals surface area contributed by atoms with Crippen LogP contribution in [0.25, 0.3) is 0 Å². The van der Waals surface area contributed by atoms with Crippen LogP contribution in [0.2, 0.25) is 0 Å². The van der Waals surface area contributed by atoms with Gasteiger partial charge in [-0.1, -0.05) is 56.3 Å². The molecule has 1 amide bonds. The second kappa shape index (κ2) is 8.30. The molecule has 1 aliphatic heterocycles. The third kappa shape index (κ3) is 4.93. The van der Waals surface area contributed by atoms with E-state index in [1.165, 1.54) is 11.1 Å². The van der Waals surface area contributed by atoms with Crippen LogP contribution in [0.15, 0.2) is 54.6 Å². The van der Waals surface area contributed by atoms with Crippen molar-refractivity contribution in [3.8, 4) is 0 Å². The molecule has 0 aromatic heterocycles. The highest BCUT2D eigenvalue weighted by molar-refractivity contribution is 5.92. The average Bonchev–Trinajstić information content (AvgIpc) is 2.63. The van der Waals surface area contributed by atoms with Crippen molar-refractivity contribution in [1.82, 2.24) is 4.90 Å². The molecule has 1 saturated heterocycles. The van der Waals surface area contributed by atoms with Gasteiger partial charge in [0, 0.05) is 18.8 Å². The maximum atomic E-state index is 12.6. The van der Waals surface area contributed by atoms with Crippen LogP contribution in [0.5, 0.6) is 0 Å². The van der Waals surface area contributed by atoms with Crippen molar-refractivity contribution >= 4 is 11.6 Å². The molecule has 3 heteroatoms. The summed E-state index contributed by atoms with van der Waals surface area (Å²) in [6.45, 7) is 7.19. The molecule has 0 saturated carbocycles. The molecule has 1 N–H and O–H groups in total. The molecule has 1 unspecified atom stereocenters. The minimum absolute atomic E-state index is 0.0715. The first-order valence-corrected chi connectivity index (χ1v) is 9.29. The fourth-order valence-corrected chi connectivity index (χ4v) is 3.45. The molecule has 0 aliphatic carbocycles. The number of nitrogens with zero attached hydrogens (tertiary/aromatic N) is 1. The summed E-state index contributed by atoms with van der Waals surface area (Å²) in [6, 6.07) is 18.7. The highest BCUT2D eigenvalue weighted by Crippen LogP contribution is 2.22. The van der Waals surface area contributed by atoms with Gasteiger partial charge in [-0.2, -0.15) is 0 Å². The van der Waals surface area contributed by atoms with Crippen molar-refractivity contribution in [3.63, 3.8) is 0 Å². The zero-order chi connectivity index (χ0) is 17.6. The van der Waals surface area contributed by atoms with Crippen LogP contribution in [0, 0.1) is 5.92 Å². The molecule has 3 nitrogen and oxygen atoms in total. The quantitative estimate of drug-likeness (QED) is 0.861. The summed E-state index contributed by atoms with van der Waals surface area (Å²) in [7, 11) is 0. The van der Waals surface area contributed by atoms with Gasteiger partial charge in [0.05, 0.1) is 5.92 Å². The summed E-state index contributed by atoms with van der Waals surface area (Å²) < 4.78 is 0. The summed E-state index contributed by atoms with van der Waals surface area (Å²) in [5.74, 6) is 0.729. The molecule has 132 valence electrons. The summed E-state index contributed by atoms with van der Waals surface area (Å²) >= 11 is 0.